The molecule has 3 N–H and O–H groups in total. The number of hydrogen-bond donors (Lipinski definition) is 3. The van der Waals surface area contributed by atoms with Crippen LogP contribution < -0.4 is 10.6 Å². The molecule has 0 saturated carbocycles. The van der Waals surface area contributed by atoms with Gasteiger partial charge in [0.15, 0.2) is 0 Å². The lowest BCUT2D eigenvalue weighted by atomic mass is 9.96. The molecule has 0 saturated heterocycles. The van der Waals surface area contributed by atoms with Crippen LogP contribution in [0.15, 0.2) is 48.5 Å². The molecule has 0 aliphatic heterocycles. The van der Waals surface area contributed by atoms with Gasteiger partial charge >= 0.3 is 12.1 Å². The minimum Gasteiger partial charge on any atom is -0.481 e. The van der Waals surface area contributed by atoms with Crippen molar-refractivity contribution >= 4 is 18.0 Å². The molecular weight excluding hydrogens is 432 g/mol. The van der Waals surface area contributed by atoms with Crippen molar-refractivity contribution in [3.8, 4) is 11.1 Å². The number of fused-ring (bicyclic) bond motifs is 3. The van der Waals surface area contributed by atoms with Crippen molar-refractivity contribution in [2.24, 2.45) is 17.8 Å². The Labute approximate surface area is 200 Å². The molecule has 0 aromatic heterocycles. The zero-order chi connectivity index (χ0) is 24.8. The fourth-order valence-electron chi connectivity index (χ4n) is 4.48. The van der Waals surface area contributed by atoms with Crippen LogP contribution in [0, 0.1) is 17.8 Å². The van der Waals surface area contributed by atoms with E-state index in [0.29, 0.717) is 6.42 Å². The SMILES string of the molecule is CC(C)CC(CNC(=O)[C@H](NC(=O)OCC1c2ccccc2-c2ccccc21)C(C)C)C(=O)O. The fraction of sp³-hybridized carbons (Fsp3) is 0.444. The van der Waals surface area contributed by atoms with Crippen LogP contribution in [0.3, 0.4) is 0 Å². The Bertz CT molecular complexity index is 988. The lowest BCUT2D eigenvalue weighted by molar-refractivity contribution is -0.142. The van der Waals surface area contributed by atoms with Gasteiger partial charge in [0.25, 0.3) is 0 Å². The van der Waals surface area contributed by atoms with E-state index >= 15 is 0 Å². The number of carboxylic acid groups (broad SMARTS) is 1. The number of carbonyl (C=O) groups is 3. The van der Waals surface area contributed by atoms with E-state index in [1.165, 1.54) is 0 Å². The molecule has 0 radical (unpaired) electrons. The number of carboxylic acids is 1. The molecule has 2 amide bonds. The van der Waals surface area contributed by atoms with Crippen LogP contribution in [0.25, 0.3) is 11.1 Å². The van der Waals surface area contributed by atoms with Gasteiger partial charge in [-0.3, -0.25) is 9.59 Å². The van der Waals surface area contributed by atoms with Gasteiger partial charge in [-0.25, -0.2) is 4.79 Å². The van der Waals surface area contributed by atoms with Crippen LogP contribution >= 0.6 is 0 Å². The molecule has 2 atom stereocenters. The fourth-order valence-corrected chi connectivity index (χ4v) is 4.48. The molecule has 34 heavy (non-hydrogen) atoms. The first-order valence-electron chi connectivity index (χ1n) is 11.8. The van der Waals surface area contributed by atoms with Crippen molar-refractivity contribution in [3.63, 3.8) is 0 Å². The lowest BCUT2D eigenvalue weighted by Gasteiger charge is -2.23. The summed E-state index contributed by atoms with van der Waals surface area (Å²) in [6, 6.07) is 15.3. The summed E-state index contributed by atoms with van der Waals surface area (Å²) in [7, 11) is 0. The van der Waals surface area contributed by atoms with E-state index in [2.05, 4.69) is 22.8 Å². The number of amides is 2. The Kier molecular flexibility index (Phi) is 8.31. The highest BCUT2D eigenvalue weighted by Gasteiger charge is 2.31. The summed E-state index contributed by atoms with van der Waals surface area (Å²) < 4.78 is 5.56. The predicted octanol–water partition coefficient (Wildman–Crippen LogP) is 4.41. The molecule has 0 bridgehead atoms. The molecule has 2 aromatic rings. The predicted molar refractivity (Wildman–Crippen MR) is 130 cm³/mol. The van der Waals surface area contributed by atoms with Crippen molar-refractivity contribution < 1.29 is 24.2 Å². The second-order valence-electron chi connectivity index (χ2n) is 9.60. The number of nitrogens with one attached hydrogen (secondary N) is 2. The average Bonchev–Trinajstić information content (AvgIpc) is 3.11. The number of hydrogen-bond acceptors (Lipinski definition) is 4. The van der Waals surface area contributed by atoms with E-state index in [0.717, 1.165) is 22.3 Å². The van der Waals surface area contributed by atoms with Crippen molar-refractivity contribution in [1.29, 1.82) is 0 Å². The summed E-state index contributed by atoms with van der Waals surface area (Å²) in [4.78, 5) is 36.8. The number of ether oxygens (including phenoxy) is 1. The Morgan fingerprint density at radius 2 is 1.50 bits per heavy atom. The minimum absolute atomic E-state index is 0.0158. The van der Waals surface area contributed by atoms with Gasteiger partial charge in [-0.15, -0.1) is 0 Å². The molecule has 1 unspecified atom stereocenters. The number of aliphatic carboxylic acids is 1. The first kappa shape index (κ1) is 25.3. The standard InChI is InChI=1S/C27H34N2O5/c1-16(2)13-18(26(31)32)14-28-25(30)24(17(3)4)29-27(33)34-15-23-21-11-7-5-9-19(21)20-10-6-8-12-22(20)23/h5-12,16-18,23-24H,13-15H2,1-4H3,(H,28,30)(H,29,33)(H,31,32)/t18?,24-/m1/s1. The Hall–Kier alpha value is -3.35. The highest BCUT2D eigenvalue weighted by molar-refractivity contribution is 5.86. The normalized spacial score (nSPS) is 14.3. The summed E-state index contributed by atoms with van der Waals surface area (Å²) in [6.07, 6.45) is -0.213. The second-order valence-corrected chi connectivity index (χ2v) is 9.60. The highest BCUT2D eigenvalue weighted by atomic mass is 16.5. The molecule has 7 nitrogen and oxygen atoms in total. The third kappa shape index (κ3) is 5.95. The Morgan fingerprint density at radius 3 is 2.00 bits per heavy atom. The summed E-state index contributed by atoms with van der Waals surface area (Å²) in [5, 5.41) is 14.8. The summed E-state index contributed by atoms with van der Waals surface area (Å²) >= 11 is 0. The van der Waals surface area contributed by atoms with Gasteiger partial charge in [0.1, 0.15) is 12.6 Å². The Morgan fingerprint density at radius 1 is 0.941 bits per heavy atom. The lowest BCUT2D eigenvalue weighted by Crippen LogP contribution is -2.51. The monoisotopic (exact) mass is 466 g/mol. The average molecular weight is 467 g/mol. The van der Waals surface area contributed by atoms with E-state index in [-0.39, 0.29) is 30.9 Å². The molecule has 1 aliphatic rings. The van der Waals surface area contributed by atoms with Crippen LogP contribution in [0.4, 0.5) is 4.79 Å². The van der Waals surface area contributed by atoms with Crippen molar-refractivity contribution in [3.05, 3.63) is 59.7 Å². The maximum Gasteiger partial charge on any atom is 0.407 e. The van der Waals surface area contributed by atoms with Gasteiger partial charge in [0.2, 0.25) is 5.91 Å². The van der Waals surface area contributed by atoms with Crippen LogP contribution in [-0.4, -0.2) is 42.3 Å². The molecular formula is C27H34N2O5. The van der Waals surface area contributed by atoms with Gasteiger partial charge < -0.3 is 20.5 Å². The quantitative estimate of drug-likeness (QED) is 0.481. The number of alkyl carbamates (subject to hydrolysis) is 1. The first-order chi connectivity index (χ1) is 16.2. The van der Waals surface area contributed by atoms with Crippen LogP contribution in [-0.2, 0) is 14.3 Å². The number of benzene rings is 2. The maximum atomic E-state index is 12.7. The highest BCUT2D eigenvalue weighted by Crippen LogP contribution is 2.44. The molecule has 7 heteroatoms. The zero-order valence-electron chi connectivity index (χ0n) is 20.2. The summed E-state index contributed by atoms with van der Waals surface area (Å²) in [6.45, 7) is 7.68. The maximum absolute atomic E-state index is 12.7. The van der Waals surface area contributed by atoms with Crippen LogP contribution in [0.1, 0.15) is 51.2 Å². The van der Waals surface area contributed by atoms with Gasteiger partial charge in [0.05, 0.1) is 5.92 Å². The third-order valence-electron chi connectivity index (χ3n) is 6.19. The number of rotatable bonds is 10. The van der Waals surface area contributed by atoms with E-state index < -0.39 is 29.9 Å². The van der Waals surface area contributed by atoms with Gasteiger partial charge in [-0.05, 0) is 40.5 Å². The summed E-state index contributed by atoms with van der Waals surface area (Å²) in [5.41, 5.74) is 4.50. The molecule has 3 rings (SSSR count). The second kappa shape index (κ2) is 11.2. The van der Waals surface area contributed by atoms with Crippen molar-refractivity contribution in [2.45, 2.75) is 46.1 Å². The smallest absolute Gasteiger partial charge is 0.407 e. The molecule has 0 fully saturated rings. The van der Waals surface area contributed by atoms with Crippen molar-refractivity contribution in [1.82, 2.24) is 10.6 Å². The number of carbonyl (C=O) groups excluding carboxylic acids is 2. The van der Waals surface area contributed by atoms with E-state index in [4.69, 9.17) is 4.74 Å². The van der Waals surface area contributed by atoms with Gasteiger partial charge in [-0.2, -0.15) is 0 Å². The molecule has 0 heterocycles. The molecule has 0 spiro atoms. The third-order valence-corrected chi connectivity index (χ3v) is 6.19. The zero-order valence-corrected chi connectivity index (χ0v) is 20.2. The topological polar surface area (TPSA) is 105 Å². The van der Waals surface area contributed by atoms with E-state index in [1.807, 2.05) is 64.1 Å². The van der Waals surface area contributed by atoms with Gasteiger partial charge in [0, 0.05) is 12.5 Å². The minimum atomic E-state index is -0.945. The first-order valence-corrected chi connectivity index (χ1v) is 11.8. The van der Waals surface area contributed by atoms with Crippen LogP contribution in [0.5, 0.6) is 0 Å². The summed E-state index contributed by atoms with van der Waals surface area (Å²) in [5.74, 6) is -2.12. The molecule has 182 valence electrons. The Balaban J connectivity index is 1.60. The molecule has 2 aromatic carbocycles. The van der Waals surface area contributed by atoms with E-state index in [1.54, 1.807) is 0 Å². The van der Waals surface area contributed by atoms with Crippen molar-refractivity contribution in [2.75, 3.05) is 13.2 Å². The van der Waals surface area contributed by atoms with Crippen LogP contribution in [0.2, 0.25) is 0 Å². The van der Waals surface area contributed by atoms with Gasteiger partial charge in [-0.1, -0.05) is 76.2 Å². The largest absolute Gasteiger partial charge is 0.481 e. The molecule has 1 aliphatic carbocycles. The van der Waals surface area contributed by atoms with E-state index in [9.17, 15) is 19.5 Å².